The lowest BCUT2D eigenvalue weighted by molar-refractivity contribution is 0.0690. The molecule has 1 N–H and O–H groups in total. The van der Waals surface area contributed by atoms with Gasteiger partial charge in [-0.2, -0.15) is 5.10 Å². The maximum Gasteiger partial charge on any atom is 0.357 e. The molecule has 0 fully saturated rings. The number of aromatic nitrogens is 3. The lowest BCUT2D eigenvalue weighted by Gasteiger charge is -2.12. The lowest BCUT2D eigenvalue weighted by atomic mass is 9.94. The molecule has 0 aliphatic carbocycles. The summed E-state index contributed by atoms with van der Waals surface area (Å²) in [6, 6.07) is 7.36. The van der Waals surface area contributed by atoms with Gasteiger partial charge < -0.3 is 5.11 Å². The van der Waals surface area contributed by atoms with Crippen LogP contribution in [0.4, 0.5) is 0 Å². The first kappa shape index (κ1) is 16.2. The van der Waals surface area contributed by atoms with Crippen LogP contribution in [0.25, 0.3) is 22.4 Å². The van der Waals surface area contributed by atoms with Crippen LogP contribution in [0.3, 0.4) is 0 Å². The number of pyridine rings is 1. The smallest absolute Gasteiger partial charge is 0.357 e. The van der Waals surface area contributed by atoms with Gasteiger partial charge in [-0.1, -0.05) is 17.7 Å². The van der Waals surface area contributed by atoms with Gasteiger partial charge in [-0.3, -0.25) is 9.67 Å². The minimum Gasteiger partial charge on any atom is -0.476 e. The van der Waals surface area contributed by atoms with E-state index in [1.54, 1.807) is 24.1 Å². The van der Waals surface area contributed by atoms with Gasteiger partial charge in [0.2, 0.25) is 0 Å². The van der Waals surface area contributed by atoms with E-state index >= 15 is 0 Å². The van der Waals surface area contributed by atoms with Gasteiger partial charge >= 0.3 is 5.97 Å². The summed E-state index contributed by atoms with van der Waals surface area (Å²) in [4.78, 5) is 15.8. The molecule has 24 heavy (non-hydrogen) atoms. The standard InChI is InChI=1S/C18H16ClN3O2/c1-10-4-5-12(19)8-14(10)17-15(13-6-7-20-9-11(13)2)16(18(23)24)21-22(17)3/h4-9H,1-3H3,(H,23,24). The fraction of sp³-hybridized carbons (Fsp3) is 0.167. The van der Waals surface area contributed by atoms with Crippen LogP contribution < -0.4 is 0 Å². The number of halogens is 1. The molecule has 3 rings (SSSR count). The van der Waals surface area contributed by atoms with Crippen molar-refractivity contribution in [3.8, 4) is 22.4 Å². The Balaban J connectivity index is 2.41. The van der Waals surface area contributed by atoms with Crippen molar-refractivity contribution in [1.29, 1.82) is 0 Å². The number of carbonyl (C=O) groups is 1. The minimum atomic E-state index is -1.07. The third-order valence-electron chi connectivity index (χ3n) is 3.99. The molecule has 0 spiro atoms. The molecule has 6 heteroatoms. The molecule has 0 bridgehead atoms. The zero-order valence-corrected chi connectivity index (χ0v) is 14.3. The molecule has 0 amide bonds. The Labute approximate surface area is 144 Å². The van der Waals surface area contributed by atoms with E-state index in [4.69, 9.17) is 11.6 Å². The third-order valence-corrected chi connectivity index (χ3v) is 4.23. The maximum atomic E-state index is 11.7. The summed E-state index contributed by atoms with van der Waals surface area (Å²) in [6.45, 7) is 3.86. The number of nitrogens with zero attached hydrogens (tertiary/aromatic N) is 3. The summed E-state index contributed by atoms with van der Waals surface area (Å²) >= 11 is 6.16. The van der Waals surface area contributed by atoms with Gasteiger partial charge in [-0.25, -0.2) is 4.79 Å². The molecule has 122 valence electrons. The van der Waals surface area contributed by atoms with Crippen LogP contribution >= 0.6 is 11.6 Å². The molecular weight excluding hydrogens is 326 g/mol. The zero-order valence-electron chi connectivity index (χ0n) is 13.5. The Kier molecular flexibility index (Phi) is 4.11. The van der Waals surface area contributed by atoms with E-state index < -0.39 is 5.97 Å². The van der Waals surface area contributed by atoms with Crippen LogP contribution in [0, 0.1) is 13.8 Å². The molecule has 0 aliphatic rings. The first-order chi connectivity index (χ1) is 11.4. The Hall–Kier alpha value is -2.66. The molecule has 0 saturated carbocycles. The normalized spacial score (nSPS) is 10.8. The number of benzene rings is 1. The molecular formula is C18H16ClN3O2. The summed E-state index contributed by atoms with van der Waals surface area (Å²) in [5.74, 6) is -1.07. The Morgan fingerprint density at radius 1 is 1.17 bits per heavy atom. The molecule has 0 atom stereocenters. The molecule has 1 aromatic carbocycles. The highest BCUT2D eigenvalue weighted by Crippen LogP contribution is 2.38. The SMILES string of the molecule is Cc1cnccc1-c1c(C(=O)O)nn(C)c1-c1cc(Cl)ccc1C. The summed E-state index contributed by atoms with van der Waals surface area (Å²) in [5, 5.41) is 14.4. The summed E-state index contributed by atoms with van der Waals surface area (Å²) in [6.07, 6.45) is 3.36. The first-order valence-electron chi connectivity index (χ1n) is 7.38. The van der Waals surface area contributed by atoms with E-state index in [2.05, 4.69) is 10.1 Å². The van der Waals surface area contributed by atoms with E-state index in [-0.39, 0.29) is 5.69 Å². The van der Waals surface area contributed by atoms with Crippen LogP contribution in [-0.2, 0) is 7.05 Å². The molecule has 0 aliphatic heterocycles. The fourth-order valence-electron chi connectivity index (χ4n) is 2.84. The second kappa shape index (κ2) is 6.09. The number of carboxylic acid groups (broad SMARTS) is 1. The quantitative estimate of drug-likeness (QED) is 0.778. The van der Waals surface area contributed by atoms with Crippen molar-refractivity contribution in [1.82, 2.24) is 14.8 Å². The molecule has 2 heterocycles. The average molecular weight is 342 g/mol. The molecule has 0 saturated heterocycles. The van der Waals surface area contributed by atoms with Crippen LogP contribution in [-0.4, -0.2) is 25.8 Å². The second-order valence-electron chi connectivity index (χ2n) is 5.65. The number of rotatable bonds is 3. The van der Waals surface area contributed by atoms with Crippen LogP contribution in [0.5, 0.6) is 0 Å². The van der Waals surface area contributed by atoms with E-state index in [0.717, 1.165) is 27.9 Å². The van der Waals surface area contributed by atoms with Gasteiger partial charge in [0.1, 0.15) is 0 Å². The number of aromatic carboxylic acids is 1. The highest BCUT2D eigenvalue weighted by molar-refractivity contribution is 6.31. The Bertz CT molecular complexity index is 947. The summed E-state index contributed by atoms with van der Waals surface area (Å²) < 4.78 is 1.59. The van der Waals surface area contributed by atoms with E-state index in [9.17, 15) is 9.90 Å². The third kappa shape index (κ3) is 2.67. The second-order valence-corrected chi connectivity index (χ2v) is 6.09. The topological polar surface area (TPSA) is 68.0 Å². The van der Waals surface area contributed by atoms with Crippen molar-refractivity contribution in [2.24, 2.45) is 7.05 Å². The van der Waals surface area contributed by atoms with Gasteiger partial charge in [-0.05, 0) is 48.7 Å². The monoisotopic (exact) mass is 341 g/mol. The van der Waals surface area contributed by atoms with Crippen molar-refractivity contribution >= 4 is 17.6 Å². The number of carboxylic acids is 1. The van der Waals surface area contributed by atoms with E-state index in [0.29, 0.717) is 10.6 Å². The molecule has 2 aromatic heterocycles. The van der Waals surface area contributed by atoms with E-state index in [1.807, 2.05) is 38.1 Å². The average Bonchev–Trinajstić information content (AvgIpc) is 2.87. The predicted octanol–water partition coefficient (Wildman–Crippen LogP) is 4.12. The predicted molar refractivity (Wildman–Crippen MR) is 93.3 cm³/mol. The summed E-state index contributed by atoms with van der Waals surface area (Å²) in [7, 11) is 1.74. The Morgan fingerprint density at radius 3 is 2.58 bits per heavy atom. The molecule has 0 unspecified atom stereocenters. The highest BCUT2D eigenvalue weighted by atomic mass is 35.5. The van der Waals surface area contributed by atoms with E-state index in [1.165, 1.54) is 0 Å². The van der Waals surface area contributed by atoms with Crippen molar-refractivity contribution in [2.75, 3.05) is 0 Å². The lowest BCUT2D eigenvalue weighted by Crippen LogP contribution is -2.01. The minimum absolute atomic E-state index is 0.0150. The maximum absolute atomic E-state index is 11.7. The van der Waals surface area contributed by atoms with Crippen molar-refractivity contribution in [2.45, 2.75) is 13.8 Å². The highest BCUT2D eigenvalue weighted by Gasteiger charge is 2.25. The van der Waals surface area contributed by atoms with Crippen molar-refractivity contribution in [3.05, 3.63) is 58.5 Å². The largest absolute Gasteiger partial charge is 0.476 e. The van der Waals surface area contributed by atoms with Gasteiger partial charge in [0.05, 0.1) is 5.69 Å². The van der Waals surface area contributed by atoms with Crippen LogP contribution in [0.2, 0.25) is 5.02 Å². The number of aryl methyl sites for hydroxylation is 3. The first-order valence-corrected chi connectivity index (χ1v) is 7.75. The fourth-order valence-corrected chi connectivity index (χ4v) is 3.01. The number of hydrogen-bond donors (Lipinski definition) is 1. The summed E-state index contributed by atoms with van der Waals surface area (Å²) in [5.41, 5.74) is 4.85. The van der Waals surface area contributed by atoms with Crippen molar-refractivity contribution in [3.63, 3.8) is 0 Å². The van der Waals surface area contributed by atoms with Crippen molar-refractivity contribution < 1.29 is 9.90 Å². The molecule has 0 radical (unpaired) electrons. The molecule has 5 nitrogen and oxygen atoms in total. The molecule has 3 aromatic rings. The van der Waals surface area contributed by atoms with Gasteiger partial charge in [0, 0.05) is 35.6 Å². The zero-order chi connectivity index (χ0) is 17.4. The van der Waals surface area contributed by atoms with Crippen LogP contribution in [0.1, 0.15) is 21.6 Å². The van der Waals surface area contributed by atoms with Gasteiger partial charge in [0.25, 0.3) is 0 Å². The Morgan fingerprint density at radius 2 is 1.92 bits per heavy atom. The van der Waals surface area contributed by atoms with Crippen LogP contribution in [0.15, 0.2) is 36.7 Å². The number of hydrogen-bond acceptors (Lipinski definition) is 3. The van der Waals surface area contributed by atoms with Gasteiger partial charge in [0.15, 0.2) is 5.69 Å². The van der Waals surface area contributed by atoms with Gasteiger partial charge in [-0.15, -0.1) is 0 Å².